The quantitative estimate of drug-likeness (QED) is 0.382. The fraction of sp³-hybridized carbons (Fsp3) is 0.462. The Morgan fingerprint density at radius 2 is 1.78 bits per heavy atom. The number of amides is 2. The van der Waals surface area contributed by atoms with Crippen LogP contribution in [0.25, 0.3) is 0 Å². The molecule has 0 aromatic heterocycles. The first-order chi connectivity index (χ1) is 16.9. The van der Waals surface area contributed by atoms with Crippen LogP contribution in [0.3, 0.4) is 0 Å². The SMILES string of the molecule is COc1ccccc1N(CCCC(=O)N(Cc1cccc(Br)c1)C(C)C(=O)NCC(C)C)S(C)(=O)=O. The molecule has 36 heavy (non-hydrogen) atoms. The molecule has 0 fully saturated rings. The summed E-state index contributed by atoms with van der Waals surface area (Å²) in [6, 6.07) is 13.8. The molecule has 2 aromatic carbocycles. The van der Waals surface area contributed by atoms with Crippen molar-refractivity contribution in [2.45, 2.75) is 46.2 Å². The minimum atomic E-state index is -3.61. The van der Waals surface area contributed by atoms with Gasteiger partial charge in [-0.15, -0.1) is 0 Å². The number of nitrogens with zero attached hydrogens (tertiary/aromatic N) is 2. The predicted octanol–water partition coefficient (Wildman–Crippen LogP) is 4.19. The Bertz CT molecular complexity index is 1140. The van der Waals surface area contributed by atoms with Crippen LogP contribution >= 0.6 is 15.9 Å². The van der Waals surface area contributed by atoms with E-state index in [0.29, 0.717) is 18.0 Å². The molecule has 198 valence electrons. The van der Waals surface area contributed by atoms with Gasteiger partial charge in [-0.3, -0.25) is 13.9 Å². The van der Waals surface area contributed by atoms with Gasteiger partial charge in [0.1, 0.15) is 11.8 Å². The van der Waals surface area contributed by atoms with E-state index in [0.717, 1.165) is 16.3 Å². The van der Waals surface area contributed by atoms with Crippen molar-refractivity contribution in [2.75, 3.05) is 30.8 Å². The molecule has 2 aromatic rings. The molecule has 0 aliphatic heterocycles. The highest BCUT2D eigenvalue weighted by molar-refractivity contribution is 9.10. The lowest BCUT2D eigenvalue weighted by Gasteiger charge is -2.30. The van der Waals surface area contributed by atoms with Gasteiger partial charge in [-0.05, 0) is 49.1 Å². The Kier molecular flexibility index (Phi) is 11.2. The van der Waals surface area contributed by atoms with Gasteiger partial charge in [0, 0.05) is 30.5 Å². The summed E-state index contributed by atoms with van der Waals surface area (Å²) in [7, 11) is -2.13. The number of hydrogen-bond acceptors (Lipinski definition) is 5. The Labute approximate surface area is 223 Å². The van der Waals surface area contributed by atoms with E-state index in [1.165, 1.54) is 11.4 Å². The molecule has 0 heterocycles. The number of rotatable bonds is 13. The normalized spacial score (nSPS) is 12.2. The second-order valence-electron chi connectivity index (χ2n) is 9.08. The minimum Gasteiger partial charge on any atom is -0.495 e. The molecule has 1 unspecified atom stereocenters. The van der Waals surface area contributed by atoms with E-state index < -0.39 is 16.1 Å². The smallest absolute Gasteiger partial charge is 0.242 e. The molecule has 8 nitrogen and oxygen atoms in total. The van der Waals surface area contributed by atoms with Crippen LogP contribution in [0.5, 0.6) is 5.75 Å². The molecule has 0 spiro atoms. The average Bonchev–Trinajstić information content (AvgIpc) is 2.82. The second-order valence-corrected chi connectivity index (χ2v) is 11.9. The topological polar surface area (TPSA) is 96.0 Å². The first kappa shape index (κ1) is 29.6. The van der Waals surface area contributed by atoms with Crippen molar-refractivity contribution in [1.82, 2.24) is 10.2 Å². The fourth-order valence-corrected chi connectivity index (χ4v) is 5.10. The molecule has 1 atom stereocenters. The summed E-state index contributed by atoms with van der Waals surface area (Å²) >= 11 is 3.45. The van der Waals surface area contributed by atoms with E-state index in [1.54, 1.807) is 36.1 Å². The Hall–Kier alpha value is -2.59. The van der Waals surface area contributed by atoms with Crippen LogP contribution in [-0.4, -0.2) is 57.6 Å². The third kappa shape index (κ3) is 8.81. The average molecular weight is 583 g/mol. The molecule has 1 N–H and O–H groups in total. The number of halogens is 1. The van der Waals surface area contributed by atoms with E-state index in [4.69, 9.17) is 4.74 Å². The van der Waals surface area contributed by atoms with Crippen LogP contribution in [-0.2, 0) is 26.2 Å². The van der Waals surface area contributed by atoms with Gasteiger partial charge in [0.25, 0.3) is 0 Å². The lowest BCUT2D eigenvalue weighted by molar-refractivity contribution is -0.140. The van der Waals surface area contributed by atoms with Gasteiger partial charge in [0.15, 0.2) is 0 Å². The molecule has 0 saturated carbocycles. The van der Waals surface area contributed by atoms with Gasteiger partial charge in [-0.2, -0.15) is 0 Å². The largest absolute Gasteiger partial charge is 0.495 e. The van der Waals surface area contributed by atoms with Gasteiger partial charge >= 0.3 is 0 Å². The summed E-state index contributed by atoms with van der Waals surface area (Å²) < 4.78 is 32.5. The molecule has 2 amide bonds. The maximum Gasteiger partial charge on any atom is 0.242 e. The lowest BCUT2D eigenvalue weighted by Crippen LogP contribution is -2.48. The highest BCUT2D eigenvalue weighted by atomic mass is 79.9. The molecule has 10 heteroatoms. The van der Waals surface area contributed by atoms with Crippen molar-refractivity contribution in [2.24, 2.45) is 5.92 Å². The molecule has 0 bridgehead atoms. The highest BCUT2D eigenvalue weighted by Gasteiger charge is 2.27. The van der Waals surface area contributed by atoms with Crippen LogP contribution in [0.15, 0.2) is 53.0 Å². The number of nitrogens with one attached hydrogen (secondary N) is 1. The first-order valence-electron chi connectivity index (χ1n) is 11.9. The summed E-state index contributed by atoms with van der Waals surface area (Å²) in [6.07, 6.45) is 1.48. The van der Waals surface area contributed by atoms with Crippen molar-refractivity contribution in [3.8, 4) is 5.75 Å². The second kappa shape index (κ2) is 13.6. The zero-order chi connectivity index (χ0) is 26.9. The highest BCUT2D eigenvalue weighted by Crippen LogP contribution is 2.29. The fourth-order valence-electron chi connectivity index (χ4n) is 3.69. The minimum absolute atomic E-state index is 0.0803. The van der Waals surface area contributed by atoms with Crippen LogP contribution in [0, 0.1) is 5.92 Å². The number of carbonyl (C=O) groups excluding carboxylic acids is 2. The van der Waals surface area contributed by atoms with E-state index in [1.807, 2.05) is 38.1 Å². The number of methoxy groups -OCH3 is 1. The first-order valence-corrected chi connectivity index (χ1v) is 14.5. The van der Waals surface area contributed by atoms with Crippen molar-refractivity contribution in [1.29, 1.82) is 0 Å². The van der Waals surface area contributed by atoms with Crippen LogP contribution in [0.1, 0.15) is 39.2 Å². The van der Waals surface area contributed by atoms with E-state index in [9.17, 15) is 18.0 Å². The van der Waals surface area contributed by atoms with Gasteiger partial charge in [0.2, 0.25) is 21.8 Å². The molecule has 0 aliphatic rings. The number of hydrogen-bond donors (Lipinski definition) is 1. The monoisotopic (exact) mass is 581 g/mol. The Balaban J connectivity index is 2.19. The Morgan fingerprint density at radius 3 is 2.39 bits per heavy atom. The zero-order valence-corrected chi connectivity index (χ0v) is 23.9. The molecule has 0 aliphatic carbocycles. The number of carbonyl (C=O) groups is 2. The molecule has 0 radical (unpaired) electrons. The molecular weight excluding hydrogens is 546 g/mol. The molecular formula is C26H36BrN3O5S. The van der Waals surface area contributed by atoms with E-state index >= 15 is 0 Å². The summed E-state index contributed by atoms with van der Waals surface area (Å²) in [5, 5.41) is 2.90. The number of para-hydroxylation sites is 2. The van der Waals surface area contributed by atoms with Gasteiger partial charge in [0.05, 0.1) is 19.1 Å². The number of anilines is 1. The third-order valence-corrected chi connectivity index (χ3v) is 7.27. The number of sulfonamides is 1. The molecule has 2 rings (SSSR count). The van der Waals surface area contributed by atoms with Gasteiger partial charge in [-0.25, -0.2) is 8.42 Å². The maximum atomic E-state index is 13.3. The lowest BCUT2D eigenvalue weighted by atomic mass is 10.1. The number of ether oxygens (including phenoxy) is 1. The van der Waals surface area contributed by atoms with Crippen LogP contribution < -0.4 is 14.4 Å². The number of benzene rings is 2. The van der Waals surface area contributed by atoms with Crippen LogP contribution in [0.4, 0.5) is 5.69 Å². The van der Waals surface area contributed by atoms with E-state index in [-0.39, 0.29) is 43.7 Å². The van der Waals surface area contributed by atoms with Crippen molar-refractivity contribution >= 4 is 43.5 Å². The maximum absolute atomic E-state index is 13.3. The van der Waals surface area contributed by atoms with Gasteiger partial charge < -0.3 is 15.0 Å². The predicted molar refractivity (Wildman–Crippen MR) is 146 cm³/mol. The van der Waals surface area contributed by atoms with Crippen molar-refractivity contribution in [3.05, 3.63) is 58.6 Å². The van der Waals surface area contributed by atoms with Gasteiger partial charge in [-0.1, -0.05) is 54.0 Å². The van der Waals surface area contributed by atoms with E-state index in [2.05, 4.69) is 21.2 Å². The summed E-state index contributed by atoms with van der Waals surface area (Å²) in [4.78, 5) is 27.7. The standard InChI is InChI=1S/C26H36BrN3O5S/c1-19(2)17-28-26(32)20(3)29(18-21-10-8-11-22(27)16-21)25(31)14-9-15-30(36(5,33)34)23-12-6-7-13-24(23)35-4/h6-8,10-13,16,19-20H,9,14-15,17-18H2,1-5H3,(H,28,32). The van der Waals surface area contributed by atoms with Crippen molar-refractivity contribution in [3.63, 3.8) is 0 Å². The summed E-state index contributed by atoms with van der Waals surface area (Å²) in [5.74, 6) is 0.266. The Morgan fingerprint density at radius 1 is 1.08 bits per heavy atom. The third-order valence-electron chi connectivity index (χ3n) is 5.60. The summed E-state index contributed by atoms with van der Waals surface area (Å²) in [5.41, 5.74) is 1.30. The molecule has 0 saturated heterocycles. The summed E-state index contributed by atoms with van der Waals surface area (Å²) in [6.45, 7) is 6.60. The van der Waals surface area contributed by atoms with Crippen molar-refractivity contribution < 1.29 is 22.7 Å². The zero-order valence-electron chi connectivity index (χ0n) is 21.5. The van der Waals surface area contributed by atoms with Crippen LogP contribution in [0.2, 0.25) is 0 Å².